The summed E-state index contributed by atoms with van der Waals surface area (Å²) in [5.74, 6) is -0.320. The van der Waals surface area contributed by atoms with E-state index in [-0.39, 0.29) is 50.5 Å². The number of hydrogen-bond acceptors (Lipinski definition) is 18. The number of nitrogens with zero attached hydrogens (tertiary/aromatic N) is 4. The maximum absolute atomic E-state index is 10.7. The molecule has 0 bridgehead atoms. The molecule has 4 aromatic carbocycles. The summed E-state index contributed by atoms with van der Waals surface area (Å²) < 4.78 is 12.3. The number of amides is 3. The van der Waals surface area contributed by atoms with Crippen LogP contribution >= 0.6 is 15.9 Å². The number of hydrogen-bond donors (Lipinski definition) is 11. The number of carboxylic acid groups (broad SMARTS) is 1. The van der Waals surface area contributed by atoms with Crippen LogP contribution in [0.25, 0.3) is 33.1 Å². The number of carbonyl (C=O) groups excluding carboxylic acids is 6. The lowest BCUT2D eigenvalue weighted by atomic mass is 10.3. The molecule has 0 radical (unpaired) electrons. The Kier molecular flexibility index (Phi) is 52.0. The molecule has 0 saturated heterocycles. The van der Waals surface area contributed by atoms with Crippen LogP contribution in [0.3, 0.4) is 0 Å². The number of ether oxygens (including phenoxy) is 3. The minimum absolute atomic E-state index is 0. The van der Waals surface area contributed by atoms with Crippen LogP contribution in [0.4, 0.5) is 29.2 Å². The Morgan fingerprint density at radius 3 is 1.00 bits per heavy atom. The van der Waals surface area contributed by atoms with Gasteiger partial charge in [-0.1, -0.05) is 70.3 Å². The SMILES string of the molecule is C.C.CC(=O)Nc1nc2ccccc2[nH]1.CC(=O)Nc1nc2ccccc2[nH]1.CC(=O)O.CCN.CCNC(C)=O.COC(C)=O.COC(C)=O.COC(C)=O.N#CBr.Nc1ccccc1N.Nc1nc2ccccc2[nH]1. The second-order valence-corrected chi connectivity index (χ2v) is 13.9. The van der Waals surface area contributed by atoms with E-state index in [0.717, 1.165) is 53.1 Å². The van der Waals surface area contributed by atoms with Gasteiger partial charge in [-0.2, -0.15) is 5.26 Å². The normalized spacial score (nSPS) is 8.32. The van der Waals surface area contributed by atoms with Crippen LogP contribution in [0.15, 0.2) is 97.1 Å². The highest BCUT2D eigenvalue weighted by molar-refractivity contribution is 9.12. The number of aliphatic carboxylic acids is 1. The third-order valence-electron chi connectivity index (χ3n) is 7.06. The topological polar surface area (TPSA) is 417 Å². The summed E-state index contributed by atoms with van der Waals surface area (Å²) in [6.07, 6.45) is 0. The summed E-state index contributed by atoms with van der Waals surface area (Å²) >= 11 is 2.45. The Bertz CT molecular complexity index is 2510. The molecule has 0 saturated carbocycles. The van der Waals surface area contributed by atoms with Gasteiger partial charge in [0.2, 0.25) is 29.6 Å². The van der Waals surface area contributed by atoms with E-state index < -0.39 is 5.97 Å². The number of nitrogens with one attached hydrogen (secondary N) is 6. The molecule has 3 heterocycles. The number of anilines is 5. The highest BCUT2D eigenvalue weighted by atomic mass is 79.9. The molecule has 77 heavy (non-hydrogen) atoms. The average molecular weight is 1140 g/mol. The number of carbonyl (C=O) groups is 7. The third-order valence-corrected chi connectivity index (χ3v) is 7.06. The molecule has 0 fully saturated rings. The standard InChI is InChI=1S/2C9H9N3O.C7H7N3.C6H8N2.C4H9NO.3C3H6O2.C2H7N.C2H4O2.CBrN.2CH4/c2*1-6(13)10-9-11-7-4-2-3-5-8(7)12-9;8-7-9-5-3-1-2-4-6(5)10-7;7-5-3-1-2-4-6(5)8;1-3-5-4(2)6;3*1-3(4)5-2;1-2-3;1-2(3)4;2-1-3;;/h2*2-5H,1H3,(H2,10,11,12,13);1-4H,(H3,8,9,10);1-4H,7-8H2;3H2,1-2H3,(H,5,6);3*1-2H3;2-3H2,1H3;1H3,(H,3,4);;2*1H4. The number of esters is 3. The molecular weight excluding hydrogens is 1060 g/mol. The highest BCUT2D eigenvalue weighted by Gasteiger charge is 2.03. The molecule has 25 nitrogen and oxygen atoms in total. The first-order valence-corrected chi connectivity index (χ1v) is 22.6. The summed E-state index contributed by atoms with van der Waals surface area (Å²) in [6.45, 7) is 14.8. The van der Waals surface area contributed by atoms with E-state index in [4.69, 9.17) is 38.1 Å². The van der Waals surface area contributed by atoms with Crippen molar-refractivity contribution < 1.29 is 52.9 Å². The van der Waals surface area contributed by atoms with Gasteiger partial charge in [0, 0.05) is 70.9 Å². The van der Waals surface area contributed by atoms with Crippen molar-refractivity contribution in [2.45, 2.75) is 77.2 Å². The molecular formula is C51H79BrN14O11. The van der Waals surface area contributed by atoms with Crippen LogP contribution in [0.2, 0.25) is 0 Å². The number of nitriles is 1. The van der Waals surface area contributed by atoms with Crippen LogP contribution in [0.5, 0.6) is 0 Å². The Morgan fingerprint density at radius 2 is 0.805 bits per heavy atom. The number of nitrogens with two attached hydrogens (primary N) is 4. The van der Waals surface area contributed by atoms with Gasteiger partial charge < -0.3 is 62.5 Å². The van der Waals surface area contributed by atoms with Crippen LogP contribution < -0.4 is 38.9 Å². The van der Waals surface area contributed by atoms with Crippen molar-refractivity contribution in [3.63, 3.8) is 0 Å². The molecule has 3 amide bonds. The van der Waals surface area contributed by atoms with Crippen molar-refractivity contribution in [1.82, 2.24) is 35.2 Å². The Balaban J connectivity index is -0.000000186. The van der Waals surface area contributed by atoms with Gasteiger partial charge in [-0.05, 0) is 62.0 Å². The second kappa shape index (κ2) is 50.4. The maximum Gasteiger partial charge on any atom is 0.302 e. The summed E-state index contributed by atoms with van der Waals surface area (Å²) in [5.41, 5.74) is 27.8. The van der Waals surface area contributed by atoms with Gasteiger partial charge in [-0.15, -0.1) is 0 Å². The summed E-state index contributed by atoms with van der Waals surface area (Å²) in [7, 11) is 4.05. The van der Waals surface area contributed by atoms with E-state index in [9.17, 15) is 28.8 Å². The van der Waals surface area contributed by atoms with Crippen molar-refractivity contribution in [3.8, 4) is 4.98 Å². The van der Waals surface area contributed by atoms with E-state index in [1.807, 2.05) is 98.8 Å². The van der Waals surface area contributed by atoms with Gasteiger partial charge >= 0.3 is 17.9 Å². The van der Waals surface area contributed by atoms with Crippen LogP contribution in [0.1, 0.15) is 77.2 Å². The van der Waals surface area contributed by atoms with Gasteiger partial charge in [0.15, 0.2) is 5.95 Å². The smallest absolute Gasteiger partial charge is 0.302 e. The number of methoxy groups -OCH3 is 3. The molecule has 0 unspecified atom stereocenters. The van der Waals surface area contributed by atoms with E-state index in [1.54, 1.807) is 17.1 Å². The Morgan fingerprint density at radius 1 is 0.558 bits per heavy atom. The number of rotatable bonds is 3. The number of H-pyrrole nitrogens is 3. The number of aromatic nitrogens is 6. The Labute approximate surface area is 458 Å². The van der Waals surface area contributed by atoms with E-state index in [0.29, 0.717) is 29.2 Å². The number of aromatic amines is 3. The number of imidazole rings is 3. The largest absolute Gasteiger partial charge is 0.481 e. The van der Waals surface area contributed by atoms with Crippen molar-refractivity contribution >= 4 is 120 Å². The van der Waals surface area contributed by atoms with Gasteiger partial charge in [-0.25, -0.2) is 15.0 Å². The molecule has 0 aliphatic heterocycles. The zero-order chi connectivity index (χ0) is 58.3. The van der Waals surface area contributed by atoms with Crippen molar-refractivity contribution in [3.05, 3.63) is 97.1 Å². The first-order valence-electron chi connectivity index (χ1n) is 21.8. The summed E-state index contributed by atoms with van der Waals surface area (Å²) in [6, 6.07) is 30.2. The molecule has 7 rings (SSSR count). The molecule has 426 valence electrons. The number of carboxylic acids is 1. The molecule has 0 aliphatic carbocycles. The highest BCUT2D eigenvalue weighted by Crippen LogP contribution is 2.14. The first-order chi connectivity index (χ1) is 35.3. The van der Waals surface area contributed by atoms with Crippen molar-refractivity contribution in [2.24, 2.45) is 5.73 Å². The molecule has 0 atom stereocenters. The van der Waals surface area contributed by atoms with Gasteiger partial charge in [0.1, 0.15) is 4.98 Å². The summed E-state index contributed by atoms with van der Waals surface area (Å²) in [4.78, 5) is 92.0. The number of benzene rings is 4. The lowest BCUT2D eigenvalue weighted by Gasteiger charge is -1.94. The van der Waals surface area contributed by atoms with Gasteiger partial charge in [-0.3, -0.25) is 44.2 Å². The lowest BCUT2D eigenvalue weighted by Crippen LogP contribution is -2.18. The average Bonchev–Trinajstić information content (AvgIpc) is 4.06. The third kappa shape index (κ3) is 48.9. The van der Waals surface area contributed by atoms with Crippen molar-refractivity contribution in [2.75, 3.05) is 62.3 Å². The van der Waals surface area contributed by atoms with E-state index in [2.05, 4.69) is 76.0 Å². The fourth-order valence-electron chi connectivity index (χ4n) is 4.09. The van der Waals surface area contributed by atoms with Crippen LogP contribution in [-0.2, 0) is 47.8 Å². The Hall–Kier alpha value is -9.09. The molecule has 0 aliphatic rings. The number of para-hydroxylation sites is 8. The second-order valence-electron chi connectivity index (χ2n) is 13.5. The van der Waals surface area contributed by atoms with Gasteiger partial charge in [0.25, 0.3) is 5.97 Å². The monoisotopic (exact) mass is 1140 g/mol. The molecule has 26 heteroatoms. The molecule has 0 spiro atoms. The predicted molar refractivity (Wildman–Crippen MR) is 310 cm³/mol. The van der Waals surface area contributed by atoms with Gasteiger partial charge in [0.05, 0.1) is 65.8 Å². The molecule has 7 aromatic rings. The summed E-state index contributed by atoms with van der Waals surface area (Å²) in [5, 5.41) is 22.4. The quantitative estimate of drug-likeness (QED) is 0.0454. The zero-order valence-electron chi connectivity index (χ0n) is 44.2. The first kappa shape index (κ1) is 79.3. The minimum Gasteiger partial charge on any atom is -0.481 e. The number of fused-ring (bicyclic) bond motifs is 3. The fraction of sp³-hybridized carbons (Fsp3) is 0.314. The predicted octanol–water partition coefficient (Wildman–Crippen LogP) is 7.91. The zero-order valence-corrected chi connectivity index (χ0v) is 45.7. The van der Waals surface area contributed by atoms with Crippen LogP contribution in [0, 0.1) is 10.2 Å². The van der Waals surface area contributed by atoms with E-state index in [1.165, 1.54) is 62.9 Å². The number of halogens is 1. The minimum atomic E-state index is -0.833. The van der Waals surface area contributed by atoms with Crippen LogP contribution in [-0.4, -0.2) is 111 Å². The fourth-order valence-corrected chi connectivity index (χ4v) is 4.09. The maximum atomic E-state index is 10.7. The van der Waals surface area contributed by atoms with Crippen molar-refractivity contribution in [1.29, 1.82) is 5.26 Å². The molecule has 3 aromatic heterocycles. The number of nitrogen functional groups attached to an aromatic ring is 3. The lowest BCUT2D eigenvalue weighted by molar-refractivity contribution is -0.138. The molecule has 15 N–H and O–H groups in total. The van der Waals surface area contributed by atoms with E-state index >= 15 is 0 Å².